The maximum absolute atomic E-state index is 13.5. The van der Waals surface area contributed by atoms with Gasteiger partial charge in [-0.2, -0.15) is 0 Å². The molecule has 1 aromatic heterocycles. The molecule has 0 unspecified atom stereocenters. The number of aromatic nitrogens is 1. The van der Waals surface area contributed by atoms with Gasteiger partial charge in [-0.1, -0.05) is 0 Å². The highest BCUT2D eigenvalue weighted by Crippen LogP contribution is 2.35. The normalized spacial score (nSPS) is 21.0. The standard InChI is InChI=1S/C20H21F3N4O6S/c1-3-32-20(29)27-6-10-9-33-18-15(34(30,31)25-14(10)7-27)8-26(2)17(18)19(28)24-11-4-12(21)16(23)13(22)5-11/h4-5,8,10,14,25H,3,6-7,9H2,1-2H3,(H,24,28)/t10-,14-/m0/s1. The Bertz CT molecular complexity index is 1240. The number of likely N-dealkylation sites (tertiary alicyclic amines) is 1. The summed E-state index contributed by atoms with van der Waals surface area (Å²) in [6.07, 6.45) is 0.585. The molecule has 1 aromatic carbocycles. The van der Waals surface area contributed by atoms with E-state index in [1.54, 1.807) is 6.92 Å². The summed E-state index contributed by atoms with van der Waals surface area (Å²) in [6, 6.07) is 0.551. The monoisotopic (exact) mass is 502 g/mol. The van der Waals surface area contributed by atoms with E-state index in [0.29, 0.717) is 12.1 Å². The van der Waals surface area contributed by atoms with Gasteiger partial charge in [0.25, 0.3) is 5.91 Å². The number of halogens is 3. The topological polar surface area (TPSA) is 119 Å². The number of anilines is 1. The molecule has 2 aliphatic heterocycles. The molecular weight excluding hydrogens is 481 g/mol. The number of carbonyl (C=O) groups excluding carboxylic acids is 2. The van der Waals surface area contributed by atoms with Crippen molar-refractivity contribution in [3.05, 3.63) is 41.5 Å². The zero-order chi connectivity index (χ0) is 24.8. The summed E-state index contributed by atoms with van der Waals surface area (Å²) in [5, 5.41) is 2.22. The summed E-state index contributed by atoms with van der Waals surface area (Å²) >= 11 is 0. The molecule has 1 fully saturated rings. The van der Waals surface area contributed by atoms with Crippen molar-refractivity contribution in [3.8, 4) is 5.75 Å². The molecule has 0 saturated carbocycles. The van der Waals surface area contributed by atoms with Crippen LogP contribution in [-0.2, 0) is 21.8 Å². The zero-order valence-electron chi connectivity index (χ0n) is 18.1. The minimum atomic E-state index is -4.17. The molecule has 2 aliphatic rings. The van der Waals surface area contributed by atoms with Crippen molar-refractivity contribution < 1.29 is 40.7 Å². The van der Waals surface area contributed by atoms with Crippen LogP contribution in [0.15, 0.2) is 23.2 Å². The first-order valence-electron chi connectivity index (χ1n) is 10.2. The zero-order valence-corrected chi connectivity index (χ0v) is 18.9. The fourth-order valence-electron chi connectivity index (χ4n) is 3.98. The maximum Gasteiger partial charge on any atom is 0.409 e. The number of fused-ring (bicyclic) bond motifs is 2. The van der Waals surface area contributed by atoms with Gasteiger partial charge in [0.05, 0.1) is 13.2 Å². The molecule has 184 valence electrons. The number of aryl methyl sites for hydroxylation is 1. The van der Waals surface area contributed by atoms with E-state index in [1.165, 1.54) is 16.5 Å². The van der Waals surface area contributed by atoms with E-state index in [2.05, 4.69) is 10.0 Å². The van der Waals surface area contributed by atoms with Crippen LogP contribution in [0.4, 0.5) is 23.7 Å². The average Bonchev–Trinajstić information content (AvgIpc) is 3.30. The Morgan fingerprint density at radius 1 is 1.24 bits per heavy atom. The van der Waals surface area contributed by atoms with Gasteiger partial charge in [0, 0.05) is 56.1 Å². The van der Waals surface area contributed by atoms with Crippen LogP contribution < -0.4 is 14.8 Å². The van der Waals surface area contributed by atoms with Gasteiger partial charge >= 0.3 is 6.09 Å². The maximum atomic E-state index is 13.5. The molecule has 3 heterocycles. The van der Waals surface area contributed by atoms with E-state index < -0.39 is 51.4 Å². The molecular formula is C20H21F3N4O6S. The molecule has 2 amide bonds. The predicted octanol–water partition coefficient (Wildman–Crippen LogP) is 1.82. The summed E-state index contributed by atoms with van der Waals surface area (Å²) in [7, 11) is -2.77. The molecule has 4 rings (SSSR count). The van der Waals surface area contributed by atoms with Crippen molar-refractivity contribution in [3.63, 3.8) is 0 Å². The van der Waals surface area contributed by atoms with E-state index in [0.717, 1.165) is 6.20 Å². The number of nitrogens with one attached hydrogen (secondary N) is 2. The number of nitrogens with zero attached hydrogens (tertiary/aromatic N) is 2. The number of rotatable bonds is 3. The van der Waals surface area contributed by atoms with E-state index in [9.17, 15) is 31.2 Å². The second-order valence-corrected chi connectivity index (χ2v) is 9.58. The van der Waals surface area contributed by atoms with Crippen LogP contribution in [0.25, 0.3) is 0 Å². The Kier molecular flexibility index (Phi) is 6.20. The van der Waals surface area contributed by atoms with Crippen LogP contribution in [0.3, 0.4) is 0 Å². The number of amides is 2. The van der Waals surface area contributed by atoms with Gasteiger partial charge in [-0.15, -0.1) is 0 Å². The highest BCUT2D eigenvalue weighted by molar-refractivity contribution is 7.89. The molecule has 1 saturated heterocycles. The van der Waals surface area contributed by atoms with Gasteiger partial charge in [-0.05, 0) is 6.92 Å². The number of hydrogen-bond donors (Lipinski definition) is 2. The number of sulfonamides is 1. The van der Waals surface area contributed by atoms with Crippen molar-refractivity contribution in [2.24, 2.45) is 13.0 Å². The Hall–Kier alpha value is -3.26. The van der Waals surface area contributed by atoms with Crippen molar-refractivity contribution in [1.82, 2.24) is 14.2 Å². The molecule has 0 spiro atoms. The van der Waals surface area contributed by atoms with Gasteiger partial charge in [-0.25, -0.2) is 31.1 Å². The van der Waals surface area contributed by atoms with Crippen molar-refractivity contribution >= 4 is 27.7 Å². The van der Waals surface area contributed by atoms with Crippen LogP contribution in [-0.4, -0.2) is 62.2 Å². The average molecular weight is 502 g/mol. The number of ether oxygens (including phenoxy) is 2. The van der Waals surface area contributed by atoms with E-state index in [-0.39, 0.29) is 48.3 Å². The van der Waals surface area contributed by atoms with Gasteiger partial charge in [0.15, 0.2) is 28.9 Å². The minimum absolute atomic E-state index is 0.0276. The largest absolute Gasteiger partial charge is 0.489 e. The second-order valence-electron chi connectivity index (χ2n) is 7.89. The lowest BCUT2D eigenvalue weighted by Gasteiger charge is -2.23. The molecule has 34 heavy (non-hydrogen) atoms. The lowest BCUT2D eigenvalue weighted by molar-refractivity contribution is 0.101. The highest BCUT2D eigenvalue weighted by atomic mass is 32.2. The number of benzene rings is 1. The van der Waals surface area contributed by atoms with Crippen LogP contribution in [0.2, 0.25) is 0 Å². The third-order valence-corrected chi connectivity index (χ3v) is 7.05. The quantitative estimate of drug-likeness (QED) is 0.619. The lowest BCUT2D eigenvalue weighted by Crippen LogP contribution is -2.43. The van der Waals surface area contributed by atoms with Gasteiger partial charge in [-0.3, -0.25) is 4.79 Å². The Labute approximate surface area is 192 Å². The third-order valence-electron chi connectivity index (χ3n) is 5.56. The predicted molar refractivity (Wildman–Crippen MR) is 111 cm³/mol. The van der Waals surface area contributed by atoms with E-state index >= 15 is 0 Å². The Balaban J connectivity index is 1.63. The molecule has 10 nitrogen and oxygen atoms in total. The number of hydrogen-bond acceptors (Lipinski definition) is 6. The molecule has 14 heteroatoms. The summed E-state index contributed by atoms with van der Waals surface area (Å²) in [5.41, 5.74) is -0.603. The van der Waals surface area contributed by atoms with Gasteiger partial charge in [0.2, 0.25) is 10.0 Å². The molecule has 2 aromatic rings. The number of carbonyl (C=O) groups is 2. The van der Waals surface area contributed by atoms with Crippen LogP contribution in [0.5, 0.6) is 5.75 Å². The minimum Gasteiger partial charge on any atom is -0.489 e. The Morgan fingerprint density at radius 2 is 1.91 bits per heavy atom. The van der Waals surface area contributed by atoms with E-state index in [4.69, 9.17) is 9.47 Å². The molecule has 0 radical (unpaired) electrons. The van der Waals surface area contributed by atoms with Crippen LogP contribution in [0.1, 0.15) is 17.4 Å². The summed E-state index contributed by atoms with van der Waals surface area (Å²) in [6.45, 7) is 2.05. The van der Waals surface area contributed by atoms with Crippen molar-refractivity contribution in [2.45, 2.75) is 17.9 Å². The first-order valence-corrected chi connectivity index (χ1v) is 11.7. The smallest absolute Gasteiger partial charge is 0.409 e. The summed E-state index contributed by atoms with van der Waals surface area (Å²) in [5.74, 6) is -6.31. The van der Waals surface area contributed by atoms with Crippen LogP contribution in [0, 0.1) is 23.4 Å². The highest BCUT2D eigenvalue weighted by Gasteiger charge is 2.42. The lowest BCUT2D eigenvalue weighted by atomic mass is 10.1. The van der Waals surface area contributed by atoms with Crippen molar-refractivity contribution in [2.75, 3.05) is 31.6 Å². The first-order chi connectivity index (χ1) is 16.0. The molecule has 2 N–H and O–H groups in total. The molecule has 2 atom stereocenters. The third kappa shape index (κ3) is 4.30. The molecule has 0 bridgehead atoms. The summed E-state index contributed by atoms with van der Waals surface area (Å²) < 4.78 is 80.8. The second kappa shape index (κ2) is 8.83. The van der Waals surface area contributed by atoms with Gasteiger partial charge < -0.3 is 24.3 Å². The summed E-state index contributed by atoms with van der Waals surface area (Å²) in [4.78, 5) is 26.0. The fourth-order valence-corrected chi connectivity index (χ4v) is 5.47. The van der Waals surface area contributed by atoms with Gasteiger partial charge in [0.1, 0.15) is 4.90 Å². The van der Waals surface area contributed by atoms with Crippen molar-refractivity contribution in [1.29, 1.82) is 0 Å². The molecule has 0 aliphatic carbocycles. The fraction of sp³-hybridized carbons (Fsp3) is 0.400. The Morgan fingerprint density at radius 3 is 2.56 bits per heavy atom. The van der Waals surface area contributed by atoms with E-state index in [1.807, 2.05) is 0 Å². The van der Waals surface area contributed by atoms with Crippen LogP contribution >= 0.6 is 0 Å². The first kappa shape index (κ1) is 23.9. The SMILES string of the molecule is CCOC(=O)N1C[C@H]2COc3c(cn(C)c3C(=O)Nc3cc(F)c(F)c(F)c3)S(=O)(=O)N[C@H]2C1.